The van der Waals surface area contributed by atoms with Gasteiger partial charge in [-0.05, 0) is 19.1 Å². The third-order valence-electron chi connectivity index (χ3n) is 3.50. The molecule has 3 rings (SSSR count). The predicted molar refractivity (Wildman–Crippen MR) is 76.2 cm³/mol. The Morgan fingerprint density at radius 2 is 2.05 bits per heavy atom. The molecule has 0 atom stereocenters. The first-order chi connectivity index (χ1) is 10.1. The number of carbonyl (C=O) groups excluding carboxylic acids is 1. The summed E-state index contributed by atoms with van der Waals surface area (Å²) in [5, 5.41) is 0. The van der Waals surface area contributed by atoms with Crippen molar-refractivity contribution < 1.29 is 18.7 Å². The van der Waals surface area contributed by atoms with Crippen molar-refractivity contribution in [2.45, 2.75) is 13.5 Å². The first-order valence-corrected chi connectivity index (χ1v) is 6.54. The molecule has 1 amide bonds. The number of aryl methyl sites for hydroxylation is 1. The van der Waals surface area contributed by atoms with Crippen molar-refractivity contribution in [3.05, 3.63) is 41.3 Å². The number of carbonyl (C=O) groups is 1. The Kier molecular flexibility index (Phi) is 3.21. The van der Waals surface area contributed by atoms with Crippen molar-refractivity contribution >= 4 is 11.6 Å². The minimum Gasteiger partial charge on any atom is -0.469 e. The molecule has 1 aromatic heterocycles. The first-order valence-electron chi connectivity index (χ1n) is 6.54. The normalized spacial score (nSPS) is 12.5. The number of furan rings is 1. The zero-order chi connectivity index (χ0) is 15.0. The number of amides is 1. The summed E-state index contributed by atoms with van der Waals surface area (Å²) >= 11 is 0. The van der Waals surface area contributed by atoms with Crippen LogP contribution >= 0.6 is 0 Å². The maximum absolute atomic E-state index is 12.5. The molecule has 2 aromatic rings. The highest BCUT2D eigenvalue weighted by Crippen LogP contribution is 2.36. The minimum absolute atomic E-state index is 0.149. The molecular formula is C15H16N2O4. The smallest absolute Gasteiger partial charge is 0.256 e. The zero-order valence-corrected chi connectivity index (χ0v) is 11.9. The number of anilines is 1. The number of benzene rings is 1. The summed E-state index contributed by atoms with van der Waals surface area (Å²) in [4.78, 5) is 14.1. The van der Waals surface area contributed by atoms with Crippen LogP contribution in [0.15, 0.2) is 28.9 Å². The van der Waals surface area contributed by atoms with E-state index in [1.807, 2.05) is 13.0 Å². The zero-order valence-electron chi connectivity index (χ0n) is 11.9. The maximum Gasteiger partial charge on any atom is 0.256 e. The molecule has 0 fully saturated rings. The fraction of sp³-hybridized carbons (Fsp3) is 0.267. The highest BCUT2D eigenvalue weighted by atomic mass is 16.7. The number of rotatable bonds is 3. The number of nitrogen functional groups attached to an aromatic ring is 1. The van der Waals surface area contributed by atoms with Gasteiger partial charge < -0.3 is 24.5 Å². The maximum atomic E-state index is 12.5. The van der Waals surface area contributed by atoms with Crippen LogP contribution in [0.25, 0.3) is 0 Å². The molecule has 6 nitrogen and oxygen atoms in total. The van der Waals surface area contributed by atoms with E-state index in [1.165, 1.54) is 0 Å². The fourth-order valence-electron chi connectivity index (χ4n) is 2.25. The van der Waals surface area contributed by atoms with Crippen LogP contribution in [0.3, 0.4) is 0 Å². The van der Waals surface area contributed by atoms with E-state index < -0.39 is 0 Å². The van der Waals surface area contributed by atoms with Gasteiger partial charge in [0.25, 0.3) is 5.91 Å². The van der Waals surface area contributed by atoms with Gasteiger partial charge in [0.05, 0.1) is 11.8 Å². The van der Waals surface area contributed by atoms with Gasteiger partial charge in [-0.25, -0.2) is 0 Å². The third kappa shape index (κ3) is 2.40. The molecule has 2 heterocycles. The molecule has 0 aliphatic carbocycles. The van der Waals surface area contributed by atoms with Crippen molar-refractivity contribution in [2.75, 3.05) is 19.6 Å². The standard InChI is InChI=1S/C15H16N2O4/c1-9-10(3-4-19-9)7-17(2)15(18)11-5-13-14(6-12(11)16)21-8-20-13/h3-6H,7-8,16H2,1-2H3. The molecule has 6 heteroatoms. The summed E-state index contributed by atoms with van der Waals surface area (Å²) in [6.07, 6.45) is 1.61. The second-order valence-corrected chi connectivity index (χ2v) is 4.96. The predicted octanol–water partition coefficient (Wildman–Crippen LogP) is 2.17. The number of fused-ring (bicyclic) bond motifs is 1. The second kappa shape index (κ2) is 5.05. The van der Waals surface area contributed by atoms with Crippen LogP contribution in [0.5, 0.6) is 11.5 Å². The van der Waals surface area contributed by atoms with E-state index in [0.717, 1.165) is 11.3 Å². The highest BCUT2D eigenvalue weighted by Gasteiger charge is 2.22. The lowest BCUT2D eigenvalue weighted by Gasteiger charge is -2.18. The number of nitrogens with zero attached hydrogens (tertiary/aromatic N) is 1. The number of hydrogen-bond donors (Lipinski definition) is 1. The number of nitrogens with two attached hydrogens (primary N) is 1. The van der Waals surface area contributed by atoms with Crippen LogP contribution in [0, 0.1) is 6.92 Å². The van der Waals surface area contributed by atoms with Crippen molar-refractivity contribution in [1.82, 2.24) is 4.90 Å². The summed E-state index contributed by atoms with van der Waals surface area (Å²) in [6.45, 7) is 2.47. The fourth-order valence-corrected chi connectivity index (χ4v) is 2.25. The van der Waals surface area contributed by atoms with Gasteiger partial charge in [0.15, 0.2) is 11.5 Å². The summed E-state index contributed by atoms with van der Waals surface area (Å²) in [5.41, 5.74) is 7.68. The second-order valence-electron chi connectivity index (χ2n) is 4.96. The van der Waals surface area contributed by atoms with E-state index in [-0.39, 0.29) is 12.7 Å². The van der Waals surface area contributed by atoms with E-state index >= 15 is 0 Å². The molecule has 1 aliphatic rings. The molecule has 0 spiro atoms. The third-order valence-corrected chi connectivity index (χ3v) is 3.50. The Balaban J connectivity index is 1.83. The molecular weight excluding hydrogens is 272 g/mol. The molecule has 110 valence electrons. The average Bonchev–Trinajstić information content (AvgIpc) is 3.06. The van der Waals surface area contributed by atoms with E-state index in [1.54, 1.807) is 30.3 Å². The minimum atomic E-state index is -0.175. The molecule has 0 radical (unpaired) electrons. The summed E-state index contributed by atoms with van der Waals surface area (Å²) < 4.78 is 15.8. The topological polar surface area (TPSA) is 77.9 Å². The Morgan fingerprint density at radius 3 is 2.71 bits per heavy atom. The Bertz CT molecular complexity index is 693. The van der Waals surface area contributed by atoms with Gasteiger partial charge in [-0.1, -0.05) is 0 Å². The van der Waals surface area contributed by atoms with Gasteiger partial charge in [-0.2, -0.15) is 0 Å². The molecule has 21 heavy (non-hydrogen) atoms. The highest BCUT2D eigenvalue weighted by molar-refractivity contribution is 6.00. The Labute approximate surface area is 122 Å². The van der Waals surface area contributed by atoms with Crippen LogP contribution in [0.1, 0.15) is 21.7 Å². The van der Waals surface area contributed by atoms with Crippen molar-refractivity contribution in [2.24, 2.45) is 0 Å². The summed E-state index contributed by atoms with van der Waals surface area (Å²) in [7, 11) is 1.72. The molecule has 0 unspecified atom stereocenters. The monoisotopic (exact) mass is 288 g/mol. The van der Waals surface area contributed by atoms with E-state index in [4.69, 9.17) is 19.6 Å². The number of hydrogen-bond acceptors (Lipinski definition) is 5. The van der Waals surface area contributed by atoms with Gasteiger partial charge in [0.2, 0.25) is 6.79 Å². The van der Waals surface area contributed by atoms with Gasteiger partial charge in [0.1, 0.15) is 5.76 Å². The van der Waals surface area contributed by atoms with Crippen LogP contribution < -0.4 is 15.2 Å². The van der Waals surface area contributed by atoms with Gasteiger partial charge >= 0.3 is 0 Å². The molecule has 1 aromatic carbocycles. The van der Waals surface area contributed by atoms with E-state index in [9.17, 15) is 4.79 Å². The number of ether oxygens (including phenoxy) is 2. The Hall–Kier alpha value is -2.63. The molecule has 0 saturated carbocycles. The van der Waals surface area contributed by atoms with Crippen LogP contribution in [0.2, 0.25) is 0 Å². The molecule has 1 aliphatic heterocycles. The SMILES string of the molecule is Cc1occc1CN(C)C(=O)c1cc2c(cc1N)OCO2. The lowest BCUT2D eigenvalue weighted by atomic mass is 10.1. The molecule has 0 saturated heterocycles. The molecule has 0 bridgehead atoms. The summed E-state index contributed by atoms with van der Waals surface area (Å²) in [6, 6.07) is 5.09. The van der Waals surface area contributed by atoms with Crippen LogP contribution in [-0.4, -0.2) is 24.6 Å². The van der Waals surface area contributed by atoms with Crippen molar-refractivity contribution in [1.29, 1.82) is 0 Å². The Morgan fingerprint density at radius 1 is 1.33 bits per heavy atom. The lowest BCUT2D eigenvalue weighted by Crippen LogP contribution is -2.27. The van der Waals surface area contributed by atoms with Crippen molar-refractivity contribution in [3.8, 4) is 11.5 Å². The first kappa shape index (κ1) is 13.4. The van der Waals surface area contributed by atoms with Crippen LogP contribution in [-0.2, 0) is 6.54 Å². The van der Waals surface area contributed by atoms with Gasteiger partial charge in [-0.3, -0.25) is 4.79 Å². The summed E-state index contributed by atoms with van der Waals surface area (Å²) in [5.74, 6) is 1.73. The van der Waals surface area contributed by atoms with Gasteiger partial charge in [0, 0.05) is 30.9 Å². The lowest BCUT2D eigenvalue weighted by molar-refractivity contribution is 0.0785. The quantitative estimate of drug-likeness (QED) is 0.876. The van der Waals surface area contributed by atoms with Crippen LogP contribution in [0.4, 0.5) is 5.69 Å². The van der Waals surface area contributed by atoms with Crippen molar-refractivity contribution in [3.63, 3.8) is 0 Å². The van der Waals surface area contributed by atoms with E-state index in [2.05, 4.69) is 0 Å². The van der Waals surface area contributed by atoms with E-state index in [0.29, 0.717) is 29.3 Å². The largest absolute Gasteiger partial charge is 0.469 e. The average molecular weight is 288 g/mol. The van der Waals surface area contributed by atoms with Gasteiger partial charge in [-0.15, -0.1) is 0 Å². The molecule has 2 N–H and O–H groups in total.